The summed E-state index contributed by atoms with van der Waals surface area (Å²) in [7, 11) is 1.31. The van der Waals surface area contributed by atoms with Gasteiger partial charge in [0.15, 0.2) is 5.78 Å². The highest BCUT2D eigenvalue weighted by Crippen LogP contribution is 2.40. The second kappa shape index (κ2) is 8.53. The minimum atomic E-state index is -0.457. The van der Waals surface area contributed by atoms with E-state index in [0.717, 1.165) is 34.6 Å². The largest absolute Gasteiger partial charge is 0.506 e. The van der Waals surface area contributed by atoms with Crippen LogP contribution in [0.5, 0.6) is 5.75 Å². The highest BCUT2D eigenvalue weighted by Gasteiger charge is 2.18. The van der Waals surface area contributed by atoms with Gasteiger partial charge in [0.05, 0.1) is 16.9 Å². The Bertz CT molecular complexity index is 1160. The molecular formula is C23H21NO4S2. The zero-order chi connectivity index (χ0) is 21.3. The summed E-state index contributed by atoms with van der Waals surface area (Å²) in [6, 6.07) is 9.57. The second-order valence-electron chi connectivity index (χ2n) is 7.14. The summed E-state index contributed by atoms with van der Waals surface area (Å²) in [5.74, 6) is -0.431. The van der Waals surface area contributed by atoms with Gasteiger partial charge < -0.3 is 9.84 Å². The van der Waals surface area contributed by atoms with Gasteiger partial charge >= 0.3 is 5.97 Å². The molecule has 3 aromatic rings. The van der Waals surface area contributed by atoms with Gasteiger partial charge in [0, 0.05) is 16.7 Å². The number of methoxy groups -OCH3 is 1. The first-order chi connectivity index (χ1) is 14.5. The lowest BCUT2D eigenvalue weighted by Gasteiger charge is -2.05. The molecule has 2 heterocycles. The van der Waals surface area contributed by atoms with Crippen LogP contribution in [0.25, 0.3) is 10.4 Å². The number of fused-ring (bicyclic) bond motifs is 1. The quantitative estimate of drug-likeness (QED) is 0.327. The molecule has 30 heavy (non-hydrogen) atoms. The Balaban J connectivity index is 1.50. The first-order valence-corrected chi connectivity index (χ1v) is 11.3. The number of Topliss-reactive ketones (excluding diaryl/α,β-unsaturated/α-hetero) is 1. The molecule has 154 valence electrons. The Morgan fingerprint density at radius 1 is 1.13 bits per heavy atom. The zero-order valence-corrected chi connectivity index (χ0v) is 18.4. The Kier molecular flexibility index (Phi) is 5.83. The van der Waals surface area contributed by atoms with E-state index in [4.69, 9.17) is 0 Å². The lowest BCUT2D eigenvalue weighted by molar-refractivity contribution is 0.0606. The zero-order valence-electron chi connectivity index (χ0n) is 16.7. The maximum Gasteiger partial charge on any atom is 0.348 e. The molecule has 1 aliphatic rings. The van der Waals surface area contributed by atoms with Crippen LogP contribution in [-0.4, -0.2) is 36.2 Å². The molecule has 0 atom stereocenters. The van der Waals surface area contributed by atoms with Crippen molar-refractivity contribution in [1.82, 2.24) is 0 Å². The molecule has 0 bridgehead atoms. The summed E-state index contributed by atoms with van der Waals surface area (Å²) >= 11 is 2.57. The predicted molar refractivity (Wildman–Crippen MR) is 121 cm³/mol. The molecular weight excluding hydrogens is 418 g/mol. The molecule has 0 saturated carbocycles. The van der Waals surface area contributed by atoms with Crippen molar-refractivity contribution in [3.8, 4) is 16.2 Å². The van der Waals surface area contributed by atoms with Gasteiger partial charge in [-0.15, -0.1) is 22.7 Å². The molecule has 0 saturated heterocycles. The van der Waals surface area contributed by atoms with Gasteiger partial charge in [0.1, 0.15) is 17.2 Å². The SMILES string of the molecule is COC(=O)c1ccc(C(=O)CN=C(C)c2csc(-c3ccc4c(c3)CCC4)c2O)s1. The maximum absolute atomic E-state index is 12.4. The van der Waals surface area contributed by atoms with E-state index < -0.39 is 5.97 Å². The first-order valence-electron chi connectivity index (χ1n) is 9.63. The molecule has 0 amide bonds. The molecule has 0 unspecified atom stereocenters. The van der Waals surface area contributed by atoms with Gasteiger partial charge in [-0.1, -0.05) is 12.1 Å². The van der Waals surface area contributed by atoms with E-state index in [-0.39, 0.29) is 18.1 Å². The number of rotatable bonds is 6. The number of esters is 1. The number of aromatic hydroxyl groups is 1. The van der Waals surface area contributed by atoms with Crippen molar-refractivity contribution in [2.75, 3.05) is 13.7 Å². The summed E-state index contributed by atoms with van der Waals surface area (Å²) in [4.78, 5) is 30.0. The van der Waals surface area contributed by atoms with E-state index in [1.807, 2.05) is 5.38 Å². The topological polar surface area (TPSA) is 76.0 Å². The monoisotopic (exact) mass is 439 g/mol. The van der Waals surface area contributed by atoms with Crippen molar-refractivity contribution in [3.63, 3.8) is 0 Å². The maximum atomic E-state index is 12.4. The molecule has 7 heteroatoms. The molecule has 1 aliphatic carbocycles. The third kappa shape index (κ3) is 3.95. The van der Waals surface area contributed by atoms with Crippen LogP contribution < -0.4 is 0 Å². The van der Waals surface area contributed by atoms with E-state index in [1.165, 1.54) is 36.0 Å². The van der Waals surface area contributed by atoms with Crippen molar-refractivity contribution in [3.05, 3.63) is 62.2 Å². The fourth-order valence-corrected chi connectivity index (χ4v) is 5.43. The van der Waals surface area contributed by atoms with Gasteiger partial charge in [0.25, 0.3) is 0 Å². The smallest absolute Gasteiger partial charge is 0.348 e. The van der Waals surface area contributed by atoms with Crippen LogP contribution in [0.15, 0.2) is 40.7 Å². The van der Waals surface area contributed by atoms with E-state index >= 15 is 0 Å². The number of ketones is 1. The Labute approximate surface area is 182 Å². The number of ether oxygens (including phenoxy) is 1. The van der Waals surface area contributed by atoms with Gasteiger partial charge in [0.2, 0.25) is 0 Å². The van der Waals surface area contributed by atoms with Crippen molar-refractivity contribution in [2.45, 2.75) is 26.2 Å². The molecule has 0 radical (unpaired) electrons. The number of hydrogen-bond acceptors (Lipinski definition) is 7. The van der Waals surface area contributed by atoms with Crippen molar-refractivity contribution < 1.29 is 19.4 Å². The number of carbonyl (C=O) groups is 2. The summed E-state index contributed by atoms with van der Waals surface area (Å²) < 4.78 is 4.67. The summed E-state index contributed by atoms with van der Waals surface area (Å²) in [5, 5.41) is 12.6. The average Bonchev–Trinajstić information content (AvgIpc) is 3.49. The average molecular weight is 440 g/mol. The van der Waals surface area contributed by atoms with Gasteiger partial charge in [-0.05, 0) is 61.1 Å². The van der Waals surface area contributed by atoms with E-state index in [1.54, 1.807) is 19.1 Å². The number of benzene rings is 1. The number of thiophene rings is 2. The number of nitrogens with zero attached hydrogens (tertiary/aromatic N) is 1. The normalized spacial score (nSPS) is 13.3. The third-order valence-corrected chi connectivity index (χ3v) is 7.37. The lowest BCUT2D eigenvalue weighted by Crippen LogP contribution is -2.04. The number of carbonyl (C=O) groups excluding carboxylic acids is 2. The van der Waals surface area contributed by atoms with Crippen LogP contribution >= 0.6 is 22.7 Å². The van der Waals surface area contributed by atoms with Crippen molar-refractivity contribution in [1.29, 1.82) is 0 Å². The highest BCUT2D eigenvalue weighted by molar-refractivity contribution is 7.16. The van der Waals surface area contributed by atoms with Crippen LogP contribution in [0.4, 0.5) is 0 Å². The number of aryl methyl sites for hydroxylation is 2. The molecule has 4 rings (SSSR count). The standard InChI is InChI=1S/C23H21NO4S2/c1-13(24-11-18(25)19-8-9-20(30-19)23(27)28-2)17-12-29-22(21(17)26)16-7-6-14-4-3-5-15(14)10-16/h6-10,12,26H,3-5,11H2,1-2H3. The Morgan fingerprint density at radius 2 is 1.90 bits per heavy atom. The van der Waals surface area contributed by atoms with Crippen LogP contribution in [0, 0.1) is 0 Å². The van der Waals surface area contributed by atoms with Gasteiger partial charge in [-0.2, -0.15) is 0 Å². The second-order valence-corrected chi connectivity index (χ2v) is 9.11. The van der Waals surface area contributed by atoms with Crippen LogP contribution in [0.3, 0.4) is 0 Å². The molecule has 2 aromatic heterocycles. The van der Waals surface area contributed by atoms with Crippen LogP contribution in [0.2, 0.25) is 0 Å². The molecule has 0 spiro atoms. The minimum Gasteiger partial charge on any atom is -0.506 e. The van der Waals surface area contributed by atoms with Gasteiger partial charge in [-0.25, -0.2) is 4.79 Å². The van der Waals surface area contributed by atoms with Crippen LogP contribution in [0.1, 0.15) is 49.4 Å². The van der Waals surface area contributed by atoms with E-state index in [0.29, 0.717) is 21.0 Å². The van der Waals surface area contributed by atoms with Crippen molar-refractivity contribution >= 4 is 40.1 Å². The summed E-state index contributed by atoms with van der Waals surface area (Å²) in [5.41, 5.74) is 5.02. The fourth-order valence-electron chi connectivity index (χ4n) is 3.58. The molecule has 1 N–H and O–H groups in total. The first kappa shape index (κ1) is 20.5. The predicted octanol–water partition coefficient (Wildman–Crippen LogP) is 5.15. The number of aliphatic imine (C=N–C) groups is 1. The third-order valence-electron chi connectivity index (χ3n) is 5.24. The van der Waals surface area contributed by atoms with Crippen molar-refractivity contribution in [2.24, 2.45) is 4.99 Å². The number of hydrogen-bond donors (Lipinski definition) is 1. The molecule has 1 aromatic carbocycles. The minimum absolute atomic E-state index is 0.0452. The molecule has 5 nitrogen and oxygen atoms in total. The van der Waals surface area contributed by atoms with Crippen LogP contribution in [-0.2, 0) is 17.6 Å². The van der Waals surface area contributed by atoms with E-state index in [9.17, 15) is 14.7 Å². The fraction of sp³-hybridized carbons (Fsp3) is 0.261. The molecule has 0 aliphatic heterocycles. The Morgan fingerprint density at radius 3 is 2.70 bits per heavy atom. The summed E-state index contributed by atoms with van der Waals surface area (Å²) in [6.07, 6.45) is 3.40. The molecule has 0 fully saturated rings. The summed E-state index contributed by atoms with van der Waals surface area (Å²) in [6.45, 7) is 1.74. The highest BCUT2D eigenvalue weighted by atomic mass is 32.1. The lowest BCUT2D eigenvalue weighted by atomic mass is 10.0. The van der Waals surface area contributed by atoms with Gasteiger partial charge in [-0.3, -0.25) is 9.79 Å². The van der Waals surface area contributed by atoms with E-state index in [2.05, 4.69) is 27.9 Å². The Hall–Kier alpha value is -2.77.